The van der Waals surface area contributed by atoms with E-state index >= 15 is 0 Å². The number of nitrogens with zero attached hydrogens (tertiary/aromatic N) is 5. The normalized spacial score (nSPS) is 12.0. The number of methoxy groups -OCH3 is 1. The fourth-order valence-electron chi connectivity index (χ4n) is 3.76. The van der Waals surface area contributed by atoms with E-state index < -0.39 is 5.25 Å². The molecule has 0 radical (unpaired) electrons. The summed E-state index contributed by atoms with van der Waals surface area (Å²) in [5.74, 6) is 2.00. The molecule has 1 amide bonds. The van der Waals surface area contributed by atoms with Gasteiger partial charge in [0.2, 0.25) is 5.91 Å². The lowest BCUT2D eigenvalue weighted by atomic mass is 10.1. The van der Waals surface area contributed by atoms with Gasteiger partial charge >= 0.3 is 0 Å². The number of para-hydroxylation sites is 1. The van der Waals surface area contributed by atoms with Crippen LogP contribution in [0.2, 0.25) is 0 Å². The molecule has 2 aromatic heterocycles. The molecule has 35 heavy (non-hydrogen) atoms. The number of carbonyl (C=O) groups excluding carboxylic acids is 1. The van der Waals surface area contributed by atoms with Gasteiger partial charge in [-0.3, -0.25) is 4.79 Å². The van der Waals surface area contributed by atoms with Crippen LogP contribution in [0.4, 0.5) is 5.82 Å². The zero-order valence-electron chi connectivity index (χ0n) is 20.4. The molecular weight excluding hydrogens is 460 g/mol. The van der Waals surface area contributed by atoms with Gasteiger partial charge in [0, 0.05) is 18.7 Å². The van der Waals surface area contributed by atoms with Gasteiger partial charge in [-0.1, -0.05) is 54.2 Å². The van der Waals surface area contributed by atoms with E-state index in [0.717, 1.165) is 17.7 Å². The number of carbonyl (C=O) groups is 1. The summed E-state index contributed by atoms with van der Waals surface area (Å²) in [6, 6.07) is 20.0. The number of aryl methyl sites for hydroxylation is 1. The topological polar surface area (TPSA) is 86.9 Å². The summed E-state index contributed by atoms with van der Waals surface area (Å²) >= 11 is 1.39. The molecule has 0 saturated heterocycles. The minimum atomic E-state index is -0.393. The maximum Gasteiger partial charge on any atom is 0.238 e. The molecule has 4 aromatic rings. The maximum atomic E-state index is 13.0. The SMILES string of the molecule is COc1ccccc1-c1nnc(SC(C)C(=O)Nc2ccnn2C(C)C)n1CCc1ccccc1. The standard InChI is InChI=1S/C26H30N6O2S/c1-18(2)32-23(14-16-27-32)28-25(33)19(3)35-26-30-29-24(21-12-8-9-13-22(21)34-4)31(26)17-15-20-10-6-5-7-11-20/h5-14,16,18-19H,15,17H2,1-4H3,(H,28,33). The molecule has 0 saturated carbocycles. The lowest BCUT2D eigenvalue weighted by Gasteiger charge is -2.16. The van der Waals surface area contributed by atoms with Crippen LogP contribution < -0.4 is 10.1 Å². The Hall–Kier alpha value is -3.59. The Balaban J connectivity index is 1.59. The van der Waals surface area contributed by atoms with Gasteiger partial charge in [-0.25, -0.2) is 4.68 Å². The molecule has 1 N–H and O–H groups in total. The van der Waals surface area contributed by atoms with Crippen molar-refractivity contribution in [2.24, 2.45) is 0 Å². The molecule has 1 atom stereocenters. The third-order valence-corrected chi connectivity index (χ3v) is 6.67. The Labute approximate surface area is 209 Å². The summed E-state index contributed by atoms with van der Waals surface area (Å²) in [5.41, 5.74) is 2.08. The molecule has 0 aliphatic heterocycles. The highest BCUT2D eigenvalue weighted by Gasteiger charge is 2.23. The first kappa shape index (κ1) is 24.5. The van der Waals surface area contributed by atoms with Crippen LogP contribution in [0.15, 0.2) is 72.0 Å². The summed E-state index contributed by atoms with van der Waals surface area (Å²) < 4.78 is 9.43. The van der Waals surface area contributed by atoms with Crippen LogP contribution >= 0.6 is 11.8 Å². The number of ether oxygens (including phenoxy) is 1. The lowest BCUT2D eigenvalue weighted by Crippen LogP contribution is -2.25. The van der Waals surface area contributed by atoms with E-state index in [1.54, 1.807) is 24.1 Å². The van der Waals surface area contributed by atoms with E-state index in [2.05, 4.69) is 37.3 Å². The molecule has 0 aliphatic carbocycles. The van der Waals surface area contributed by atoms with Gasteiger partial charge in [-0.05, 0) is 44.9 Å². The van der Waals surface area contributed by atoms with Gasteiger partial charge in [0.25, 0.3) is 0 Å². The molecule has 0 bridgehead atoms. The first-order valence-corrected chi connectivity index (χ1v) is 12.5. The van der Waals surface area contributed by atoms with Crippen molar-refractivity contribution in [3.05, 3.63) is 72.4 Å². The molecular formula is C26H30N6O2S. The predicted octanol–water partition coefficient (Wildman–Crippen LogP) is 5.09. The minimum absolute atomic E-state index is 0.117. The van der Waals surface area contributed by atoms with Crippen molar-refractivity contribution >= 4 is 23.5 Å². The van der Waals surface area contributed by atoms with Crippen molar-refractivity contribution in [3.63, 3.8) is 0 Å². The zero-order chi connectivity index (χ0) is 24.8. The third-order valence-electron chi connectivity index (χ3n) is 5.59. The second kappa shape index (κ2) is 11.2. The highest BCUT2D eigenvalue weighted by atomic mass is 32.2. The molecule has 2 heterocycles. The Morgan fingerprint density at radius 2 is 1.77 bits per heavy atom. The van der Waals surface area contributed by atoms with Crippen LogP contribution in [0, 0.1) is 0 Å². The van der Waals surface area contributed by atoms with Crippen LogP contribution in [0.25, 0.3) is 11.4 Å². The van der Waals surface area contributed by atoms with E-state index in [-0.39, 0.29) is 11.9 Å². The van der Waals surface area contributed by atoms with Crippen LogP contribution in [0.1, 0.15) is 32.4 Å². The lowest BCUT2D eigenvalue weighted by molar-refractivity contribution is -0.115. The Morgan fingerprint density at radius 1 is 1.03 bits per heavy atom. The third kappa shape index (κ3) is 5.74. The summed E-state index contributed by atoms with van der Waals surface area (Å²) in [6.45, 7) is 6.58. The van der Waals surface area contributed by atoms with Gasteiger partial charge in [-0.15, -0.1) is 10.2 Å². The average Bonchev–Trinajstić information content (AvgIpc) is 3.50. The number of anilines is 1. The highest BCUT2D eigenvalue weighted by molar-refractivity contribution is 8.00. The van der Waals surface area contributed by atoms with Crippen molar-refractivity contribution in [2.45, 2.75) is 50.2 Å². The highest BCUT2D eigenvalue weighted by Crippen LogP contribution is 2.32. The van der Waals surface area contributed by atoms with Crippen molar-refractivity contribution in [1.29, 1.82) is 0 Å². The summed E-state index contributed by atoms with van der Waals surface area (Å²) in [5, 5.41) is 16.5. The van der Waals surface area contributed by atoms with Crippen LogP contribution in [-0.2, 0) is 17.8 Å². The Morgan fingerprint density at radius 3 is 2.51 bits per heavy atom. The predicted molar refractivity (Wildman–Crippen MR) is 139 cm³/mol. The smallest absolute Gasteiger partial charge is 0.238 e. The number of nitrogens with one attached hydrogen (secondary N) is 1. The van der Waals surface area contributed by atoms with E-state index in [0.29, 0.717) is 23.3 Å². The second-order valence-electron chi connectivity index (χ2n) is 8.40. The van der Waals surface area contributed by atoms with Gasteiger partial charge in [0.05, 0.1) is 24.1 Å². The molecule has 8 nitrogen and oxygen atoms in total. The number of benzene rings is 2. The Bertz CT molecular complexity index is 1270. The fourth-order valence-corrected chi connectivity index (χ4v) is 4.63. The molecule has 0 aliphatic rings. The van der Waals surface area contributed by atoms with Crippen molar-refractivity contribution < 1.29 is 9.53 Å². The summed E-state index contributed by atoms with van der Waals surface area (Å²) in [6.07, 6.45) is 2.50. The summed E-state index contributed by atoms with van der Waals surface area (Å²) in [7, 11) is 1.65. The van der Waals surface area contributed by atoms with E-state index in [1.165, 1.54) is 17.3 Å². The van der Waals surface area contributed by atoms with Gasteiger partial charge in [-0.2, -0.15) is 5.10 Å². The van der Waals surface area contributed by atoms with Gasteiger partial charge in [0.15, 0.2) is 11.0 Å². The molecule has 182 valence electrons. The number of amides is 1. The molecule has 1 unspecified atom stereocenters. The van der Waals surface area contributed by atoms with E-state index in [9.17, 15) is 4.79 Å². The second-order valence-corrected chi connectivity index (χ2v) is 9.71. The molecule has 2 aromatic carbocycles. The van der Waals surface area contributed by atoms with Crippen LogP contribution in [0.5, 0.6) is 5.75 Å². The van der Waals surface area contributed by atoms with Crippen molar-refractivity contribution in [2.75, 3.05) is 12.4 Å². The number of thioether (sulfide) groups is 1. The average molecular weight is 491 g/mol. The maximum absolute atomic E-state index is 13.0. The monoisotopic (exact) mass is 490 g/mol. The Kier molecular flexibility index (Phi) is 7.87. The summed E-state index contributed by atoms with van der Waals surface area (Å²) in [4.78, 5) is 13.0. The van der Waals surface area contributed by atoms with Gasteiger partial charge in [0.1, 0.15) is 11.6 Å². The number of rotatable bonds is 10. The van der Waals surface area contributed by atoms with E-state index in [1.807, 2.05) is 63.2 Å². The van der Waals surface area contributed by atoms with Crippen LogP contribution in [-0.4, -0.2) is 42.8 Å². The van der Waals surface area contributed by atoms with Crippen molar-refractivity contribution in [3.8, 4) is 17.1 Å². The molecule has 0 fully saturated rings. The fraction of sp³-hybridized carbons (Fsp3) is 0.308. The van der Waals surface area contributed by atoms with Crippen LogP contribution in [0.3, 0.4) is 0 Å². The minimum Gasteiger partial charge on any atom is -0.496 e. The molecule has 0 spiro atoms. The van der Waals surface area contributed by atoms with E-state index in [4.69, 9.17) is 4.74 Å². The first-order valence-electron chi connectivity index (χ1n) is 11.6. The first-order chi connectivity index (χ1) is 17.0. The quantitative estimate of drug-likeness (QED) is 0.312. The zero-order valence-corrected chi connectivity index (χ0v) is 21.2. The van der Waals surface area contributed by atoms with Crippen molar-refractivity contribution in [1.82, 2.24) is 24.5 Å². The number of hydrogen-bond acceptors (Lipinski definition) is 6. The number of hydrogen-bond donors (Lipinski definition) is 1. The van der Waals surface area contributed by atoms with Gasteiger partial charge < -0.3 is 14.6 Å². The molecule has 4 rings (SSSR count). The largest absolute Gasteiger partial charge is 0.496 e. The number of aromatic nitrogens is 5. The molecule has 9 heteroatoms.